The van der Waals surface area contributed by atoms with Crippen LogP contribution in [0.3, 0.4) is 0 Å². The second-order valence-electron chi connectivity index (χ2n) is 6.55. The summed E-state index contributed by atoms with van der Waals surface area (Å²) in [4.78, 5) is 14.7. The van der Waals surface area contributed by atoms with Crippen molar-refractivity contribution in [1.29, 1.82) is 0 Å². The molecule has 0 aromatic heterocycles. The van der Waals surface area contributed by atoms with Crippen LogP contribution in [0, 0.1) is 6.92 Å². The van der Waals surface area contributed by atoms with Crippen molar-refractivity contribution >= 4 is 17.7 Å². The van der Waals surface area contributed by atoms with Gasteiger partial charge in [0.25, 0.3) is 0 Å². The fraction of sp³-hybridized carbons (Fsp3) is 0.381. The number of nitrogens with zero attached hydrogens (tertiary/aromatic N) is 1. The first-order valence-electron chi connectivity index (χ1n) is 8.69. The van der Waals surface area contributed by atoms with Crippen LogP contribution in [0.1, 0.15) is 29.5 Å². The molecule has 0 radical (unpaired) electrons. The van der Waals surface area contributed by atoms with Gasteiger partial charge >= 0.3 is 0 Å². The van der Waals surface area contributed by atoms with Crippen molar-refractivity contribution in [3.05, 3.63) is 71.3 Å². The smallest absolute Gasteiger partial charge is 0.232 e. The number of rotatable bonds is 6. The molecular weight excluding hydrogens is 314 g/mol. The Hall–Kier alpha value is -1.74. The van der Waals surface area contributed by atoms with Crippen LogP contribution < -0.4 is 0 Å². The molecule has 3 heteroatoms. The zero-order valence-corrected chi connectivity index (χ0v) is 15.1. The Labute approximate surface area is 149 Å². The molecule has 1 aliphatic rings. The number of benzene rings is 2. The lowest BCUT2D eigenvalue weighted by molar-refractivity contribution is -0.129. The normalized spacial score (nSPS) is 17.2. The molecule has 1 heterocycles. The summed E-state index contributed by atoms with van der Waals surface area (Å²) in [5.41, 5.74) is 3.91. The van der Waals surface area contributed by atoms with Crippen molar-refractivity contribution in [2.45, 2.75) is 38.0 Å². The van der Waals surface area contributed by atoms with E-state index in [-0.39, 0.29) is 0 Å². The number of amides is 1. The van der Waals surface area contributed by atoms with Gasteiger partial charge in [0.1, 0.15) is 0 Å². The molecule has 1 atom stereocenters. The number of thioether (sulfide) groups is 1. The molecule has 0 aliphatic carbocycles. The minimum Gasteiger partial charge on any atom is -0.339 e. The van der Waals surface area contributed by atoms with Crippen LogP contribution in [-0.2, 0) is 17.0 Å². The van der Waals surface area contributed by atoms with Gasteiger partial charge in [0.2, 0.25) is 5.91 Å². The Kier molecular flexibility index (Phi) is 5.97. The summed E-state index contributed by atoms with van der Waals surface area (Å²) in [5, 5.41) is 0. The van der Waals surface area contributed by atoms with E-state index in [9.17, 15) is 4.79 Å². The molecule has 0 bridgehead atoms. The molecule has 0 saturated carbocycles. The summed E-state index contributed by atoms with van der Waals surface area (Å²) >= 11 is 1.73. The molecule has 0 spiro atoms. The maximum Gasteiger partial charge on any atom is 0.232 e. The van der Waals surface area contributed by atoms with E-state index in [1.807, 2.05) is 6.07 Å². The van der Waals surface area contributed by atoms with Crippen LogP contribution in [0.15, 0.2) is 54.6 Å². The summed E-state index contributed by atoms with van der Waals surface area (Å²) in [6.07, 6.45) is 3.24. The van der Waals surface area contributed by atoms with Crippen LogP contribution in [0.2, 0.25) is 0 Å². The van der Waals surface area contributed by atoms with Gasteiger partial charge in [0.05, 0.1) is 5.75 Å². The quantitative estimate of drug-likeness (QED) is 0.774. The summed E-state index contributed by atoms with van der Waals surface area (Å²) < 4.78 is 0. The van der Waals surface area contributed by atoms with Gasteiger partial charge in [-0.3, -0.25) is 4.79 Å². The number of likely N-dealkylation sites (tertiary alicyclic amines) is 1. The third kappa shape index (κ3) is 4.64. The number of hydrogen-bond acceptors (Lipinski definition) is 2. The number of carbonyl (C=O) groups is 1. The molecule has 2 aromatic rings. The third-order valence-corrected chi connectivity index (χ3v) is 5.58. The SMILES string of the molecule is Cc1cccc(CSCC(=O)N2CCCC2Cc2ccccc2)c1. The monoisotopic (exact) mass is 339 g/mol. The average molecular weight is 340 g/mol. The lowest BCUT2D eigenvalue weighted by atomic mass is 10.0. The van der Waals surface area contributed by atoms with Gasteiger partial charge in [0.15, 0.2) is 0 Å². The van der Waals surface area contributed by atoms with Gasteiger partial charge < -0.3 is 4.90 Å². The zero-order valence-electron chi connectivity index (χ0n) is 14.3. The van der Waals surface area contributed by atoms with Crippen molar-refractivity contribution in [2.24, 2.45) is 0 Å². The lowest BCUT2D eigenvalue weighted by Gasteiger charge is -2.25. The molecule has 2 aromatic carbocycles. The third-order valence-electron chi connectivity index (χ3n) is 4.59. The topological polar surface area (TPSA) is 20.3 Å². The molecule has 126 valence electrons. The number of aryl methyl sites for hydroxylation is 1. The standard InChI is InChI=1S/C21H25NOS/c1-17-7-5-10-19(13-17)15-24-16-21(23)22-12-6-11-20(22)14-18-8-3-2-4-9-18/h2-5,7-10,13,20H,6,11-12,14-16H2,1H3. The summed E-state index contributed by atoms with van der Waals surface area (Å²) in [6, 6.07) is 19.4. The Bertz CT molecular complexity index is 671. The minimum atomic E-state index is 0.297. The molecule has 1 fully saturated rings. The Morgan fingerprint density at radius 3 is 2.71 bits per heavy atom. The van der Waals surface area contributed by atoms with Gasteiger partial charge in [0, 0.05) is 18.3 Å². The van der Waals surface area contributed by atoms with Crippen molar-refractivity contribution in [1.82, 2.24) is 4.90 Å². The van der Waals surface area contributed by atoms with Crippen molar-refractivity contribution in [2.75, 3.05) is 12.3 Å². The van der Waals surface area contributed by atoms with E-state index in [4.69, 9.17) is 0 Å². The largest absolute Gasteiger partial charge is 0.339 e. The minimum absolute atomic E-state index is 0.297. The lowest BCUT2D eigenvalue weighted by Crippen LogP contribution is -2.37. The zero-order chi connectivity index (χ0) is 16.8. The molecule has 24 heavy (non-hydrogen) atoms. The first-order valence-corrected chi connectivity index (χ1v) is 9.84. The maximum absolute atomic E-state index is 12.6. The fourth-order valence-electron chi connectivity index (χ4n) is 3.40. The van der Waals surface area contributed by atoms with Crippen LogP contribution in [-0.4, -0.2) is 29.1 Å². The molecule has 1 aliphatic heterocycles. The van der Waals surface area contributed by atoms with Gasteiger partial charge in [-0.05, 0) is 37.3 Å². The number of carbonyl (C=O) groups excluding carboxylic acids is 1. The second kappa shape index (κ2) is 8.39. The maximum atomic E-state index is 12.6. The predicted octanol–water partition coefficient (Wildman–Crippen LogP) is 4.46. The highest BCUT2D eigenvalue weighted by molar-refractivity contribution is 7.99. The van der Waals surface area contributed by atoms with Crippen LogP contribution in [0.5, 0.6) is 0 Å². The van der Waals surface area contributed by atoms with E-state index in [1.165, 1.54) is 16.7 Å². The Morgan fingerprint density at radius 1 is 1.12 bits per heavy atom. The predicted molar refractivity (Wildman–Crippen MR) is 102 cm³/mol. The second-order valence-corrected chi connectivity index (χ2v) is 7.54. The molecule has 1 amide bonds. The first-order chi connectivity index (χ1) is 11.7. The Morgan fingerprint density at radius 2 is 1.92 bits per heavy atom. The molecule has 3 rings (SSSR count). The van der Waals surface area contributed by atoms with E-state index in [0.717, 1.165) is 31.6 Å². The molecule has 0 N–H and O–H groups in total. The van der Waals surface area contributed by atoms with E-state index in [1.54, 1.807) is 11.8 Å². The summed E-state index contributed by atoms with van der Waals surface area (Å²) in [5.74, 6) is 1.79. The van der Waals surface area contributed by atoms with Gasteiger partial charge in [-0.25, -0.2) is 0 Å². The molecule has 1 saturated heterocycles. The van der Waals surface area contributed by atoms with Gasteiger partial charge in [-0.2, -0.15) is 0 Å². The van der Waals surface area contributed by atoms with Crippen LogP contribution in [0.4, 0.5) is 0 Å². The molecule has 1 unspecified atom stereocenters. The average Bonchev–Trinajstić information content (AvgIpc) is 3.04. The molecular formula is C21H25NOS. The fourth-order valence-corrected chi connectivity index (χ4v) is 4.26. The first kappa shape index (κ1) is 17.1. The van der Waals surface area contributed by atoms with Crippen molar-refractivity contribution in [3.63, 3.8) is 0 Å². The van der Waals surface area contributed by atoms with Gasteiger partial charge in [-0.15, -0.1) is 11.8 Å². The number of hydrogen-bond donors (Lipinski definition) is 0. The summed E-state index contributed by atoms with van der Waals surface area (Å²) in [6.45, 7) is 3.03. The van der Waals surface area contributed by atoms with E-state index in [0.29, 0.717) is 17.7 Å². The van der Waals surface area contributed by atoms with Crippen LogP contribution in [0.25, 0.3) is 0 Å². The van der Waals surface area contributed by atoms with Gasteiger partial charge in [-0.1, -0.05) is 60.2 Å². The summed E-state index contributed by atoms with van der Waals surface area (Å²) in [7, 11) is 0. The highest BCUT2D eigenvalue weighted by Crippen LogP contribution is 2.23. The van der Waals surface area contributed by atoms with Crippen molar-refractivity contribution < 1.29 is 4.79 Å². The van der Waals surface area contributed by atoms with Crippen molar-refractivity contribution in [3.8, 4) is 0 Å². The van der Waals surface area contributed by atoms with E-state index < -0.39 is 0 Å². The Balaban J connectivity index is 1.50. The highest BCUT2D eigenvalue weighted by atomic mass is 32.2. The molecule has 2 nitrogen and oxygen atoms in total. The highest BCUT2D eigenvalue weighted by Gasteiger charge is 2.28. The van der Waals surface area contributed by atoms with Crippen LogP contribution >= 0.6 is 11.8 Å². The van der Waals surface area contributed by atoms with E-state index in [2.05, 4.69) is 60.4 Å². The van der Waals surface area contributed by atoms with E-state index >= 15 is 0 Å².